The maximum absolute atomic E-state index is 14.2. The predicted octanol–water partition coefficient (Wildman–Crippen LogP) is 5.14. The molecule has 2 aromatic heterocycles. The number of carbonyl (C=O) groups excluding carboxylic acids is 2. The van der Waals surface area contributed by atoms with E-state index in [2.05, 4.69) is 15.7 Å². The Morgan fingerprint density at radius 2 is 1.84 bits per heavy atom. The van der Waals surface area contributed by atoms with E-state index in [0.29, 0.717) is 27.9 Å². The molecule has 4 aromatic rings. The van der Waals surface area contributed by atoms with Gasteiger partial charge in [-0.15, -0.1) is 0 Å². The van der Waals surface area contributed by atoms with E-state index in [1.807, 2.05) is 0 Å². The summed E-state index contributed by atoms with van der Waals surface area (Å²) < 4.78 is 21.2. The van der Waals surface area contributed by atoms with Crippen molar-refractivity contribution in [2.75, 3.05) is 10.6 Å². The van der Waals surface area contributed by atoms with Gasteiger partial charge in [0.2, 0.25) is 5.91 Å². The normalized spacial score (nSPS) is 10.7. The summed E-state index contributed by atoms with van der Waals surface area (Å²) in [7, 11) is 0. The SMILES string of the molecule is CC(=O)Nc1ccc(F)c(NC(=O)c2cc(-c3ccco3)n(-c3ccc(Cl)cc3)n2)c1. The lowest BCUT2D eigenvalue weighted by Crippen LogP contribution is -2.15. The highest BCUT2D eigenvalue weighted by molar-refractivity contribution is 6.30. The van der Waals surface area contributed by atoms with Gasteiger partial charge in [-0.2, -0.15) is 5.10 Å². The molecule has 0 atom stereocenters. The molecule has 2 aromatic carbocycles. The summed E-state index contributed by atoms with van der Waals surface area (Å²) >= 11 is 5.97. The third-order valence-electron chi connectivity index (χ3n) is 4.32. The molecule has 0 aliphatic heterocycles. The van der Waals surface area contributed by atoms with Gasteiger partial charge in [-0.25, -0.2) is 9.07 Å². The zero-order chi connectivity index (χ0) is 22.0. The molecule has 0 aliphatic carbocycles. The molecule has 7 nitrogen and oxygen atoms in total. The molecule has 0 fully saturated rings. The monoisotopic (exact) mass is 438 g/mol. The Hall–Kier alpha value is -3.91. The molecule has 31 heavy (non-hydrogen) atoms. The first-order valence-electron chi connectivity index (χ1n) is 9.19. The summed E-state index contributed by atoms with van der Waals surface area (Å²) in [5.41, 5.74) is 1.51. The molecule has 0 aliphatic rings. The van der Waals surface area contributed by atoms with Crippen molar-refractivity contribution < 1.29 is 18.4 Å². The number of nitrogens with zero attached hydrogens (tertiary/aromatic N) is 2. The molecule has 4 rings (SSSR count). The van der Waals surface area contributed by atoms with Crippen LogP contribution in [0.5, 0.6) is 0 Å². The molecular weight excluding hydrogens is 423 g/mol. The number of halogens is 2. The lowest BCUT2D eigenvalue weighted by Gasteiger charge is -2.08. The van der Waals surface area contributed by atoms with E-state index in [1.165, 1.54) is 30.0 Å². The number of anilines is 2. The number of rotatable bonds is 5. The van der Waals surface area contributed by atoms with Crippen LogP contribution in [0.2, 0.25) is 5.02 Å². The van der Waals surface area contributed by atoms with Crippen LogP contribution in [0.1, 0.15) is 17.4 Å². The van der Waals surface area contributed by atoms with Gasteiger partial charge in [-0.1, -0.05) is 11.6 Å². The van der Waals surface area contributed by atoms with Gasteiger partial charge in [0, 0.05) is 23.7 Å². The molecule has 2 N–H and O–H groups in total. The van der Waals surface area contributed by atoms with Crippen molar-refractivity contribution in [3.8, 4) is 17.1 Å². The van der Waals surface area contributed by atoms with E-state index in [9.17, 15) is 14.0 Å². The van der Waals surface area contributed by atoms with Crippen LogP contribution in [0.25, 0.3) is 17.1 Å². The maximum atomic E-state index is 14.2. The van der Waals surface area contributed by atoms with Gasteiger partial charge in [0.15, 0.2) is 11.5 Å². The Kier molecular flexibility index (Phi) is 5.55. The number of carbonyl (C=O) groups is 2. The third-order valence-corrected chi connectivity index (χ3v) is 4.57. The minimum absolute atomic E-state index is 0.0469. The summed E-state index contributed by atoms with van der Waals surface area (Å²) in [6.07, 6.45) is 1.51. The quantitative estimate of drug-likeness (QED) is 0.451. The van der Waals surface area contributed by atoms with Crippen LogP contribution in [0.3, 0.4) is 0 Å². The van der Waals surface area contributed by atoms with Crippen molar-refractivity contribution in [1.29, 1.82) is 0 Å². The Balaban J connectivity index is 1.68. The van der Waals surface area contributed by atoms with Crippen LogP contribution < -0.4 is 10.6 Å². The topological polar surface area (TPSA) is 89.2 Å². The van der Waals surface area contributed by atoms with Crippen LogP contribution in [0, 0.1) is 5.82 Å². The second kappa shape index (κ2) is 8.45. The Labute approximate surface area is 181 Å². The Morgan fingerprint density at radius 1 is 1.06 bits per heavy atom. The molecule has 2 heterocycles. The first kappa shape index (κ1) is 20.4. The Morgan fingerprint density at radius 3 is 2.52 bits per heavy atom. The summed E-state index contributed by atoms with van der Waals surface area (Å²) in [6.45, 7) is 1.33. The second-order valence-electron chi connectivity index (χ2n) is 6.61. The fourth-order valence-electron chi connectivity index (χ4n) is 2.96. The molecule has 0 saturated carbocycles. The number of benzene rings is 2. The van der Waals surface area contributed by atoms with Gasteiger partial charge in [0.25, 0.3) is 5.91 Å². The highest BCUT2D eigenvalue weighted by Gasteiger charge is 2.19. The summed E-state index contributed by atoms with van der Waals surface area (Å²) in [6, 6.07) is 15.8. The smallest absolute Gasteiger partial charge is 0.276 e. The molecule has 0 spiro atoms. The molecule has 9 heteroatoms. The van der Waals surface area contributed by atoms with Gasteiger partial charge in [0.05, 0.1) is 17.6 Å². The maximum Gasteiger partial charge on any atom is 0.276 e. The predicted molar refractivity (Wildman–Crippen MR) is 115 cm³/mol. The van der Waals surface area contributed by atoms with Gasteiger partial charge in [0.1, 0.15) is 11.5 Å². The zero-order valence-corrected chi connectivity index (χ0v) is 17.0. The van der Waals surface area contributed by atoms with Crippen LogP contribution in [0.4, 0.5) is 15.8 Å². The van der Waals surface area contributed by atoms with E-state index >= 15 is 0 Å². The first-order chi connectivity index (χ1) is 14.9. The lowest BCUT2D eigenvalue weighted by atomic mass is 10.2. The second-order valence-corrected chi connectivity index (χ2v) is 7.05. The number of hydrogen-bond donors (Lipinski definition) is 2. The van der Waals surface area contributed by atoms with Gasteiger partial charge in [-0.3, -0.25) is 9.59 Å². The molecule has 2 amide bonds. The first-order valence-corrected chi connectivity index (χ1v) is 9.57. The minimum atomic E-state index is -0.647. The van der Waals surface area contributed by atoms with Crippen molar-refractivity contribution in [3.05, 3.63) is 83.5 Å². The lowest BCUT2D eigenvalue weighted by molar-refractivity contribution is -0.114. The third kappa shape index (κ3) is 4.49. The molecule has 0 radical (unpaired) electrons. The highest BCUT2D eigenvalue weighted by Crippen LogP contribution is 2.26. The molecule has 0 unspecified atom stereocenters. The zero-order valence-electron chi connectivity index (χ0n) is 16.2. The number of hydrogen-bond acceptors (Lipinski definition) is 4. The minimum Gasteiger partial charge on any atom is -0.463 e. The fourth-order valence-corrected chi connectivity index (χ4v) is 3.09. The average Bonchev–Trinajstić information content (AvgIpc) is 3.40. The van der Waals surface area contributed by atoms with Crippen LogP contribution in [-0.4, -0.2) is 21.6 Å². The fraction of sp³-hybridized carbons (Fsp3) is 0.0455. The average molecular weight is 439 g/mol. The van der Waals surface area contributed by atoms with Gasteiger partial charge < -0.3 is 15.1 Å². The molecule has 156 valence electrons. The van der Waals surface area contributed by atoms with Crippen molar-refractivity contribution in [2.24, 2.45) is 0 Å². The molecule has 0 saturated heterocycles. The van der Waals surface area contributed by atoms with Crippen molar-refractivity contribution in [1.82, 2.24) is 9.78 Å². The number of nitrogens with one attached hydrogen (secondary N) is 2. The Bertz CT molecular complexity index is 1250. The van der Waals surface area contributed by atoms with Crippen molar-refractivity contribution >= 4 is 34.8 Å². The van der Waals surface area contributed by atoms with E-state index in [0.717, 1.165) is 6.07 Å². The highest BCUT2D eigenvalue weighted by atomic mass is 35.5. The van der Waals surface area contributed by atoms with E-state index in [4.69, 9.17) is 16.0 Å². The van der Waals surface area contributed by atoms with Gasteiger partial charge >= 0.3 is 0 Å². The van der Waals surface area contributed by atoms with E-state index < -0.39 is 11.7 Å². The number of aromatic nitrogens is 2. The number of furan rings is 1. The van der Waals surface area contributed by atoms with Crippen LogP contribution >= 0.6 is 11.6 Å². The molecule has 0 bridgehead atoms. The summed E-state index contributed by atoms with van der Waals surface area (Å²) in [5, 5.41) is 9.97. The standard InChI is InChI=1S/C22H16ClFN4O3/c1-13(29)25-15-6-9-17(24)18(11-15)26-22(30)19-12-20(21-3-2-10-31-21)28(27-19)16-7-4-14(23)5-8-16/h2-12H,1H3,(H,25,29)(H,26,30). The molecular formula is C22H16ClFN4O3. The number of amides is 2. The summed E-state index contributed by atoms with van der Waals surface area (Å²) in [5.74, 6) is -1.08. The van der Waals surface area contributed by atoms with E-state index in [1.54, 1.807) is 42.5 Å². The van der Waals surface area contributed by atoms with Crippen molar-refractivity contribution in [3.63, 3.8) is 0 Å². The van der Waals surface area contributed by atoms with Crippen LogP contribution in [-0.2, 0) is 4.79 Å². The largest absolute Gasteiger partial charge is 0.463 e. The van der Waals surface area contributed by atoms with Crippen molar-refractivity contribution in [2.45, 2.75) is 6.92 Å². The van der Waals surface area contributed by atoms with Crippen LogP contribution in [0.15, 0.2) is 71.3 Å². The summed E-state index contributed by atoms with van der Waals surface area (Å²) in [4.78, 5) is 24.1. The van der Waals surface area contributed by atoms with E-state index in [-0.39, 0.29) is 17.3 Å². The van der Waals surface area contributed by atoms with Gasteiger partial charge in [-0.05, 0) is 54.6 Å².